The van der Waals surface area contributed by atoms with Crippen LogP contribution in [0.4, 0.5) is 0 Å². The average molecular weight is 1030 g/mol. The van der Waals surface area contributed by atoms with Crippen LogP contribution in [0.1, 0.15) is 317 Å². The van der Waals surface area contributed by atoms with Crippen molar-refractivity contribution < 1.29 is 24.2 Å². The van der Waals surface area contributed by atoms with Crippen LogP contribution in [0.3, 0.4) is 0 Å². The summed E-state index contributed by atoms with van der Waals surface area (Å²) in [6.07, 6.45) is 50.6. The number of carbonyl (C=O) groups is 2. The maximum absolute atomic E-state index is 12.9. The van der Waals surface area contributed by atoms with Crippen molar-refractivity contribution in [2.24, 2.45) is 0 Å². The first-order valence-corrected chi connectivity index (χ1v) is 33.4. The van der Waals surface area contributed by atoms with Gasteiger partial charge in [-0.2, -0.15) is 0 Å². The van der Waals surface area contributed by atoms with Gasteiger partial charge in [-0.1, -0.05) is 230 Å². The van der Waals surface area contributed by atoms with Crippen molar-refractivity contribution in [1.82, 2.24) is 9.80 Å². The van der Waals surface area contributed by atoms with Gasteiger partial charge in [0, 0.05) is 36.9 Å². The Bertz CT molecular complexity index is 1000. The van der Waals surface area contributed by atoms with Crippen molar-refractivity contribution in [3.63, 3.8) is 0 Å². The molecule has 0 aliphatic rings. The lowest BCUT2D eigenvalue weighted by atomic mass is 9.97. The van der Waals surface area contributed by atoms with Gasteiger partial charge < -0.3 is 19.5 Å². The number of nitrogens with zero attached hydrogens (tertiary/aromatic N) is 2. The molecule has 0 radical (unpaired) electrons. The molecular formula is C61H122N2O5S2. The average Bonchev–Trinajstić information content (AvgIpc) is 3.34. The molecule has 0 aliphatic heterocycles. The predicted molar refractivity (Wildman–Crippen MR) is 311 cm³/mol. The molecule has 0 spiro atoms. The number of aliphatic hydroxyl groups excluding tert-OH is 1. The highest BCUT2D eigenvalue weighted by molar-refractivity contribution is 8.76. The number of carbonyl (C=O) groups excluding carboxylic acids is 2. The summed E-state index contributed by atoms with van der Waals surface area (Å²) >= 11 is 0. The molecule has 1 N–H and O–H groups in total. The lowest BCUT2D eigenvalue weighted by Crippen LogP contribution is -2.45. The minimum Gasteiger partial charge on any atom is -0.462 e. The third-order valence-corrected chi connectivity index (χ3v) is 17.0. The van der Waals surface area contributed by atoms with Crippen molar-refractivity contribution in [1.29, 1.82) is 0 Å². The van der Waals surface area contributed by atoms with Crippen molar-refractivity contribution in [2.45, 2.75) is 342 Å². The minimum absolute atomic E-state index is 0.0199. The molecule has 0 aromatic carbocycles. The van der Waals surface area contributed by atoms with Crippen molar-refractivity contribution in [3.05, 3.63) is 0 Å². The lowest BCUT2D eigenvalue weighted by Gasteiger charge is -2.36. The second-order valence-electron chi connectivity index (χ2n) is 21.7. The van der Waals surface area contributed by atoms with E-state index in [1.807, 2.05) is 21.6 Å². The number of esters is 2. The molecule has 1 unspecified atom stereocenters. The zero-order valence-corrected chi connectivity index (χ0v) is 49.7. The Labute approximate surface area is 445 Å². The summed E-state index contributed by atoms with van der Waals surface area (Å²) in [4.78, 5) is 30.5. The van der Waals surface area contributed by atoms with Crippen LogP contribution in [0.2, 0.25) is 0 Å². The van der Waals surface area contributed by atoms with Crippen LogP contribution in [-0.4, -0.2) is 90.0 Å². The van der Waals surface area contributed by atoms with E-state index in [2.05, 4.69) is 58.5 Å². The topological polar surface area (TPSA) is 79.3 Å². The molecule has 1 atom stereocenters. The van der Waals surface area contributed by atoms with Gasteiger partial charge in [0.05, 0.1) is 0 Å². The van der Waals surface area contributed by atoms with E-state index in [-0.39, 0.29) is 24.1 Å². The standard InChI is InChI=1S/C61H122N2O5S2/c1-8-13-18-23-32-41-54-69-70-55-51-59(64)63(53-42-52-62(6)7)56(43-33-28-24-26-30-39-49-60(65)67-57(45-35-19-14-9-2)46-36-20-15-10-3)44-34-29-25-27-31-40-50-61(66)68-58(47-37-21-16-11-4)48-38-22-17-12-5/h56-59,64H,8-55H2,1-7H3. The molecule has 0 aliphatic carbocycles. The molecule has 70 heavy (non-hydrogen) atoms. The van der Waals surface area contributed by atoms with Gasteiger partial charge in [0.2, 0.25) is 0 Å². The number of hydrogen-bond donors (Lipinski definition) is 1. The number of hydrogen-bond acceptors (Lipinski definition) is 9. The van der Waals surface area contributed by atoms with Crippen LogP contribution in [0.25, 0.3) is 0 Å². The SMILES string of the molecule is CCCCCCCCSSCCC(O)N(CCCN(C)C)C(CCCCCCCCC(=O)OC(CCCCCC)CCCCCC)CCCCCCCCC(=O)OC(CCCCCC)CCCCCC. The molecule has 9 heteroatoms. The third-order valence-electron chi connectivity index (χ3n) is 14.4. The third kappa shape index (κ3) is 47.2. The molecule has 0 bridgehead atoms. The predicted octanol–water partition coefficient (Wildman–Crippen LogP) is 19.0. The van der Waals surface area contributed by atoms with Gasteiger partial charge in [-0.3, -0.25) is 14.5 Å². The summed E-state index contributed by atoms with van der Waals surface area (Å²) < 4.78 is 12.1. The van der Waals surface area contributed by atoms with E-state index >= 15 is 0 Å². The smallest absolute Gasteiger partial charge is 0.306 e. The largest absolute Gasteiger partial charge is 0.462 e. The van der Waals surface area contributed by atoms with E-state index < -0.39 is 6.23 Å². The van der Waals surface area contributed by atoms with Gasteiger partial charge in [-0.05, 0) is 117 Å². The van der Waals surface area contributed by atoms with E-state index in [1.54, 1.807) is 0 Å². The summed E-state index contributed by atoms with van der Waals surface area (Å²) in [6.45, 7) is 13.3. The van der Waals surface area contributed by atoms with E-state index in [9.17, 15) is 14.7 Å². The Morgan fingerprint density at radius 1 is 0.386 bits per heavy atom. The number of rotatable bonds is 57. The van der Waals surface area contributed by atoms with Crippen LogP contribution >= 0.6 is 21.6 Å². The second kappa shape index (κ2) is 54.8. The quantitative estimate of drug-likeness (QED) is 0.0277. The lowest BCUT2D eigenvalue weighted by molar-refractivity contribution is -0.151. The van der Waals surface area contributed by atoms with E-state index in [0.29, 0.717) is 18.9 Å². The highest BCUT2D eigenvalue weighted by atomic mass is 33.1. The second-order valence-corrected chi connectivity index (χ2v) is 24.4. The molecule has 0 rings (SSSR count). The monoisotopic (exact) mass is 1030 g/mol. The van der Waals surface area contributed by atoms with Gasteiger partial charge >= 0.3 is 11.9 Å². The molecule has 0 amide bonds. The summed E-state index contributed by atoms with van der Waals surface area (Å²) in [5.41, 5.74) is 0. The van der Waals surface area contributed by atoms with Gasteiger partial charge in [0.1, 0.15) is 18.4 Å². The van der Waals surface area contributed by atoms with Crippen LogP contribution in [-0.2, 0) is 19.1 Å². The van der Waals surface area contributed by atoms with Crippen LogP contribution in [0, 0.1) is 0 Å². The molecule has 0 saturated heterocycles. The number of aliphatic hydroxyl groups is 1. The van der Waals surface area contributed by atoms with Gasteiger partial charge in [-0.15, -0.1) is 0 Å². The Morgan fingerprint density at radius 3 is 1.11 bits per heavy atom. The summed E-state index contributed by atoms with van der Waals surface area (Å²) in [5.74, 6) is 2.25. The van der Waals surface area contributed by atoms with Crippen LogP contribution in [0.15, 0.2) is 0 Å². The fourth-order valence-electron chi connectivity index (χ4n) is 9.92. The van der Waals surface area contributed by atoms with Crippen LogP contribution < -0.4 is 0 Å². The maximum Gasteiger partial charge on any atom is 0.306 e. The van der Waals surface area contributed by atoms with Crippen molar-refractivity contribution >= 4 is 33.5 Å². The molecule has 0 aromatic heterocycles. The first-order chi connectivity index (χ1) is 34.2. The van der Waals surface area contributed by atoms with E-state index in [1.165, 1.54) is 198 Å². The van der Waals surface area contributed by atoms with Crippen LogP contribution in [0.5, 0.6) is 0 Å². The zero-order valence-electron chi connectivity index (χ0n) is 48.0. The Hall–Kier alpha value is -0.480. The zero-order chi connectivity index (χ0) is 51.4. The van der Waals surface area contributed by atoms with Gasteiger partial charge in [-0.25, -0.2) is 0 Å². The molecule has 7 nitrogen and oxygen atoms in total. The van der Waals surface area contributed by atoms with E-state index in [4.69, 9.17) is 9.47 Å². The number of unbranched alkanes of at least 4 members (excludes halogenated alkanes) is 27. The first-order valence-electron chi connectivity index (χ1n) is 30.9. The van der Waals surface area contributed by atoms with Crippen molar-refractivity contribution in [2.75, 3.05) is 38.7 Å². The van der Waals surface area contributed by atoms with E-state index in [0.717, 1.165) is 95.9 Å². The molecule has 0 saturated carbocycles. The molecule has 0 heterocycles. The fourth-order valence-corrected chi connectivity index (χ4v) is 12.1. The number of ether oxygens (including phenoxy) is 2. The van der Waals surface area contributed by atoms with Gasteiger partial charge in [0.25, 0.3) is 0 Å². The molecule has 0 fully saturated rings. The molecule has 0 aromatic rings. The fraction of sp³-hybridized carbons (Fsp3) is 0.967. The highest BCUT2D eigenvalue weighted by Crippen LogP contribution is 2.28. The minimum atomic E-state index is -0.395. The normalized spacial score (nSPS) is 12.4. The maximum atomic E-state index is 12.9. The molecular weight excluding hydrogens is 905 g/mol. The van der Waals surface area contributed by atoms with Gasteiger partial charge in [0.15, 0.2) is 0 Å². The summed E-state index contributed by atoms with van der Waals surface area (Å²) in [7, 11) is 8.28. The Kier molecular flexibility index (Phi) is 54.4. The summed E-state index contributed by atoms with van der Waals surface area (Å²) in [6, 6.07) is 0.399. The Balaban J connectivity index is 5.18. The summed E-state index contributed by atoms with van der Waals surface area (Å²) in [5, 5.41) is 11.8. The van der Waals surface area contributed by atoms with Crippen molar-refractivity contribution in [3.8, 4) is 0 Å². The highest BCUT2D eigenvalue weighted by Gasteiger charge is 2.24. The molecule has 418 valence electrons. The first kappa shape index (κ1) is 69.5. The Morgan fingerprint density at radius 2 is 0.714 bits per heavy atom.